The number of nitrogens with one attached hydrogen (secondary N) is 3. The Balaban J connectivity index is 1.50. The molecule has 5 N–H and O–H groups in total. The van der Waals surface area contributed by atoms with Crippen molar-refractivity contribution in [2.75, 3.05) is 36.8 Å². The Morgan fingerprint density at radius 2 is 1.88 bits per heavy atom. The van der Waals surface area contributed by atoms with Gasteiger partial charge in [-0.3, -0.25) is 19.6 Å². The van der Waals surface area contributed by atoms with Gasteiger partial charge in [0.25, 0.3) is 5.91 Å². The molecule has 0 spiro atoms. The van der Waals surface area contributed by atoms with Gasteiger partial charge in [-0.1, -0.05) is 5.21 Å². The van der Waals surface area contributed by atoms with Crippen LogP contribution in [0.2, 0.25) is 0 Å². The van der Waals surface area contributed by atoms with E-state index in [2.05, 4.69) is 20.4 Å². The van der Waals surface area contributed by atoms with Gasteiger partial charge in [-0.25, -0.2) is 13.2 Å². The monoisotopic (exact) mass is 478 g/mol. The number of sulfonamides is 1. The first-order chi connectivity index (χ1) is 15.7. The highest BCUT2D eigenvalue weighted by Crippen LogP contribution is 2.21. The highest BCUT2D eigenvalue weighted by molar-refractivity contribution is 7.94. The maximum absolute atomic E-state index is 12.7. The number of amides is 4. The van der Waals surface area contributed by atoms with E-state index in [9.17, 15) is 22.8 Å². The van der Waals surface area contributed by atoms with Crippen molar-refractivity contribution in [1.29, 1.82) is 0 Å². The van der Waals surface area contributed by atoms with E-state index in [1.807, 2.05) is 5.32 Å². The third-order valence-electron chi connectivity index (χ3n) is 5.22. The lowest BCUT2D eigenvalue weighted by atomic mass is 10.2. The number of hydrogen-bond donors (Lipinski definition) is 4. The fourth-order valence-electron chi connectivity index (χ4n) is 3.59. The smallest absolute Gasteiger partial charge is 0.321 e. The van der Waals surface area contributed by atoms with Crippen LogP contribution >= 0.6 is 0 Å². The van der Waals surface area contributed by atoms with Crippen LogP contribution in [-0.2, 0) is 19.6 Å². The molecule has 33 heavy (non-hydrogen) atoms. The van der Waals surface area contributed by atoms with Gasteiger partial charge in [0.2, 0.25) is 15.9 Å². The number of imide groups is 1. The molecule has 1 aromatic heterocycles. The van der Waals surface area contributed by atoms with Gasteiger partial charge in [-0.2, -0.15) is 4.68 Å². The molecule has 1 aromatic carbocycles. The molecular weight excluding hydrogens is 456 g/mol. The van der Waals surface area contributed by atoms with E-state index in [4.69, 9.17) is 10.5 Å². The van der Waals surface area contributed by atoms with Crippen molar-refractivity contribution in [1.82, 2.24) is 30.5 Å². The SMILES string of the molecule is CC1NC(=O)NC(=O)C1S(=O)(=O)Nc1ccc(-n2nnc(C(=O)N3CCOCC3)c2N)cc1. The second-order valence-electron chi connectivity index (χ2n) is 7.51. The number of hydrogen-bond acceptors (Lipinski definition) is 9. The number of ether oxygens (including phenoxy) is 1. The average molecular weight is 478 g/mol. The molecule has 4 amide bonds. The Kier molecular flexibility index (Phi) is 5.90. The largest absolute Gasteiger partial charge is 0.382 e. The molecule has 3 heterocycles. The summed E-state index contributed by atoms with van der Waals surface area (Å²) in [6.07, 6.45) is 0. The predicted molar refractivity (Wildman–Crippen MR) is 115 cm³/mol. The van der Waals surface area contributed by atoms with Crippen LogP contribution in [0.25, 0.3) is 5.69 Å². The number of benzene rings is 1. The predicted octanol–water partition coefficient (Wildman–Crippen LogP) is -1.34. The zero-order valence-corrected chi connectivity index (χ0v) is 18.3. The van der Waals surface area contributed by atoms with Crippen LogP contribution in [0.5, 0.6) is 0 Å². The number of aromatic nitrogens is 3. The minimum absolute atomic E-state index is 0.0148. The molecule has 2 saturated heterocycles. The highest BCUT2D eigenvalue weighted by atomic mass is 32.2. The minimum atomic E-state index is -4.16. The Bertz CT molecular complexity index is 1190. The van der Waals surface area contributed by atoms with Crippen LogP contribution in [0.15, 0.2) is 24.3 Å². The van der Waals surface area contributed by atoms with E-state index < -0.39 is 33.3 Å². The maximum atomic E-state index is 12.7. The lowest BCUT2D eigenvalue weighted by molar-refractivity contribution is -0.120. The third kappa shape index (κ3) is 4.45. The second kappa shape index (κ2) is 8.67. The number of anilines is 2. The van der Waals surface area contributed by atoms with Crippen molar-refractivity contribution >= 4 is 39.4 Å². The molecule has 0 bridgehead atoms. The van der Waals surface area contributed by atoms with Gasteiger partial charge >= 0.3 is 6.03 Å². The summed E-state index contributed by atoms with van der Waals surface area (Å²) in [6.45, 7) is 3.16. The molecule has 0 aliphatic carbocycles. The third-order valence-corrected chi connectivity index (χ3v) is 7.03. The summed E-state index contributed by atoms with van der Waals surface area (Å²) in [5.74, 6) is -1.22. The highest BCUT2D eigenvalue weighted by Gasteiger charge is 2.42. The Morgan fingerprint density at radius 1 is 1.21 bits per heavy atom. The number of morpholine rings is 1. The van der Waals surface area contributed by atoms with Crippen LogP contribution in [0.3, 0.4) is 0 Å². The van der Waals surface area contributed by atoms with Gasteiger partial charge in [-0.15, -0.1) is 5.10 Å². The molecule has 15 heteroatoms. The van der Waals surface area contributed by atoms with E-state index >= 15 is 0 Å². The van der Waals surface area contributed by atoms with Crippen molar-refractivity contribution in [2.24, 2.45) is 0 Å². The first-order valence-corrected chi connectivity index (χ1v) is 11.5. The number of carbonyl (C=O) groups is 3. The molecule has 2 unspecified atom stereocenters. The summed E-state index contributed by atoms with van der Waals surface area (Å²) < 4.78 is 34.2. The maximum Gasteiger partial charge on any atom is 0.321 e. The van der Waals surface area contributed by atoms with Crippen molar-refractivity contribution < 1.29 is 27.5 Å². The van der Waals surface area contributed by atoms with Gasteiger partial charge in [0.05, 0.1) is 24.9 Å². The Morgan fingerprint density at radius 3 is 2.52 bits per heavy atom. The van der Waals surface area contributed by atoms with E-state index in [0.717, 1.165) is 0 Å². The molecule has 0 radical (unpaired) electrons. The molecular formula is C18H22N8O6S. The van der Waals surface area contributed by atoms with Crippen LogP contribution in [-0.4, -0.2) is 83.8 Å². The van der Waals surface area contributed by atoms with Crippen LogP contribution in [0.1, 0.15) is 17.4 Å². The molecule has 2 aromatic rings. The van der Waals surface area contributed by atoms with Gasteiger partial charge in [0.1, 0.15) is 0 Å². The molecule has 0 saturated carbocycles. The zero-order valence-electron chi connectivity index (χ0n) is 17.5. The summed E-state index contributed by atoms with van der Waals surface area (Å²) in [5.41, 5.74) is 6.73. The molecule has 14 nitrogen and oxygen atoms in total. The van der Waals surface area contributed by atoms with Gasteiger partial charge in [0.15, 0.2) is 16.8 Å². The first kappa shape index (κ1) is 22.5. The lowest BCUT2D eigenvalue weighted by Crippen LogP contribution is -2.63. The molecule has 2 atom stereocenters. The Hall–Kier alpha value is -3.72. The van der Waals surface area contributed by atoms with Crippen molar-refractivity contribution in [3.63, 3.8) is 0 Å². The van der Waals surface area contributed by atoms with Crippen LogP contribution in [0.4, 0.5) is 16.3 Å². The summed E-state index contributed by atoms with van der Waals surface area (Å²) in [4.78, 5) is 37.6. The molecule has 176 valence electrons. The number of nitrogen functional groups attached to an aromatic ring is 1. The fraction of sp³-hybridized carbons (Fsp3) is 0.389. The summed E-state index contributed by atoms with van der Waals surface area (Å²) in [6, 6.07) is 4.28. The number of nitrogens with two attached hydrogens (primary N) is 1. The van der Waals surface area contributed by atoms with Crippen molar-refractivity contribution in [3.05, 3.63) is 30.0 Å². The molecule has 2 aliphatic rings. The number of nitrogens with zero attached hydrogens (tertiary/aromatic N) is 4. The van der Waals surface area contributed by atoms with E-state index in [1.54, 1.807) is 4.90 Å². The molecule has 4 rings (SSSR count). The standard InChI is InChI=1S/C18H22N8O6S/c1-10-14(16(27)21-18(29)20-10)33(30,31)23-11-2-4-12(5-3-11)26-15(19)13(22-24-26)17(28)25-6-8-32-9-7-25/h2-5,10,14,23H,6-9,19H2,1H3,(H2,20,21,27,29). The Labute approximate surface area is 188 Å². The van der Waals surface area contributed by atoms with E-state index in [0.29, 0.717) is 32.0 Å². The average Bonchev–Trinajstić information content (AvgIpc) is 3.14. The topological polar surface area (TPSA) is 191 Å². The first-order valence-electron chi connectivity index (χ1n) is 9.99. The van der Waals surface area contributed by atoms with Crippen molar-refractivity contribution in [2.45, 2.75) is 18.2 Å². The van der Waals surface area contributed by atoms with E-state index in [1.165, 1.54) is 35.9 Å². The quantitative estimate of drug-likeness (QED) is 0.403. The van der Waals surface area contributed by atoms with E-state index in [-0.39, 0.29) is 23.1 Å². The summed E-state index contributed by atoms with van der Waals surface area (Å²) in [7, 11) is -4.16. The van der Waals surface area contributed by atoms with Gasteiger partial charge in [0, 0.05) is 18.8 Å². The fourth-order valence-corrected chi connectivity index (χ4v) is 5.12. The van der Waals surface area contributed by atoms with Gasteiger partial charge in [-0.05, 0) is 31.2 Å². The van der Waals surface area contributed by atoms with Crippen molar-refractivity contribution in [3.8, 4) is 5.69 Å². The van der Waals surface area contributed by atoms with Gasteiger partial charge < -0.3 is 20.7 Å². The number of urea groups is 1. The zero-order chi connectivity index (χ0) is 23.8. The summed E-state index contributed by atoms with van der Waals surface area (Å²) >= 11 is 0. The number of carbonyl (C=O) groups excluding carboxylic acids is 3. The number of rotatable bonds is 5. The minimum Gasteiger partial charge on any atom is -0.382 e. The molecule has 2 fully saturated rings. The lowest BCUT2D eigenvalue weighted by Gasteiger charge is -2.28. The summed E-state index contributed by atoms with van der Waals surface area (Å²) in [5, 5.41) is 10.6. The normalized spacial score (nSPS) is 21.3. The molecule has 2 aliphatic heterocycles. The van der Waals surface area contributed by atoms with Crippen LogP contribution < -0.4 is 21.1 Å². The second-order valence-corrected chi connectivity index (χ2v) is 9.31. The van der Waals surface area contributed by atoms with Crippen LogP contribution in [0, 0.1) is 0 Å².